The molecule has 0 fully saturated rings. The van der Waals surface area contributed by atoms with Crippen molar-refractivity contribution < 1.29 is 22.3 Å². The van der Waals surface area contributed by atoms with Gasteiger partial charge in [-0.1, -0.05) is 36.4 Å². The van der Waals surface area contributed by atoms with Gasteiger partial charge in [-0.05, 0) is 58.8 Å². The summed E-state index contributed by atoms with van der Waals surface area (Å²) in [5.41, 5.74) is 3.35. The summed E-state index contributed by atoms with van der Waals surface area (Å²) in [5, 5.41) is 16.4. The van der Waals surface area contributed by atoms with Gasteiger partial charge < -0.3 is 4.18 Å². The number of carbonyl (C=O) groups excluding carboxylic acids is 1. The van der Waals surface area contributed by atoms with E-state index in [9.17, 15) is 23.3 Å². The molecule has 4 aromatic carbocycles. The van der Waals surface area contributed by atoms with Gasteiger partial charge in [0.15, 0.2) is 0 Å². The van der Waals surface area contributed by atoms with Crippen LogP contribution >= 0.6 is 0 Å². The minimum atomic E-state index is -4.16. The van der Waals surface area contributed by atoms with Gasteiger partial charge in [-0.25, -0.2) is 5.43 Å². The van der Waals surface area contributed by atoms with Crippen molar-refractivity contribution in [1.29, 1.82) is 0 Å². The smallest absolute Gasteiger partial charge is 0.339 e. The zero-order valence-corrected chi connectivity index (χ0v) is 18.3. The molecule has 0 aliphatic rings. The average molecular weight is 475 g/mol. The molecule has 0 aliphatic carbocycles. The van der Waals surface area contributed by atoms with Crippen molar-refractivity contribution >= 4 is 38.7 Å². The van der Waals surface area contributed by atoms with Crippen molar-refractivity contribution in [2.24, 2.45) is 5.10 Å². The minimum absolute atomic E-state index is 0.0512. The molecular formula is C24H17N3O6S. The van der Waals surface area contributed by atoms with Gasteiger partial charge in [0.1, 0.15) is 10.6 Å². The second-order valence-electron chi connectivity index (χ2n) is 7.08. The van der Waals surface area contributed by atoms with E-state index in [1.54, 1.807) is 24.3 Å². The van der Waals surface area contributed by atoms with Crippen LogP contribution in [0.4, 0.5) is 5.69 Å². The number of nitro groups is 1. The lowest BCUT2D eigenvalue weighted by Crippen LogP contribution is -2.17. The number of non-ortho nitro benzene ring substituents is 1. The van der Waals surface area contributed by atoms with Crippen LogP contribution in [-0.2, 0) is 10.1 Å². The van der Waals surface area contributed by atoms with E-state index in [0.29, 0.717) is 11.1 Å². The first-order chi connectivity index (χ1) is 16.3. The molecule has 9 nitrogen and oxygen atoms in total. The number of carbonyl (C=O) groups is 1. The Hall–Kier alpha value is -4.57. The fourth-order valence-electron chi connectivity index (χ4n) is 3.17. The molecule has 0 saturated carbocycles. The molecule has 34 heavy (non-hydrogen) atoms. The molecule has 1 amide bonds. The van der Waals surface area contributed by atoms with Gasteiger partial charge in [0.2, 0.25) is 0 Å². The Bertz CT molecular complexity index is 1490. The third kappa shape index (κ3) is 5.08. The van der Waals surface area contributed by atoms with Crippen molar-refractivity contribution in [2.75, 3.05) is 0 Å². The Labute approximate surface area is 194 Å². The molecule has 0 radical (unpaired) electrons. The van der Waals surface area contributed by atoms with Gasteiger partial charge in [-0.15, -0.1) is 0 Å². The predicted molar refractivity (Wildman–Crippen MR) is 126 cm³/mol. The first kappa shape index (κ1) is 22.6. The topological polar surface area (TPSA) is 128 Å². The Balaban J connectivity index is 1.40. The lowest BCUT2D eigenvalue weighted by molar-refractivity contribution is -0.384. The Morgan fingerprint density at radius 1 is 0.912 bits per heavy atom. The molecule has 4 aromatic rings. The molecule has 0 spiro atoms. The van der Waals surface area contributed by atoms with Crippen molar-refractivity contribution in [1.82, 2.24) is 5.43 Å². The number of fused-ring (bicyclic) bond motifs is 1. The largest absolute Gasteiger partial charge is 0.379 e. The van der Waals surface area contributed by atoms with Gasteiger partial charge in [-0.3, -0.25) is 14.9 Å². The molecule has 0 atom stereocenters. The maximum absolute atomic E-state index is 12.5. The van der Waals surface area contributed by atoms with Crippen LogP contribution in [0.5, 0.6) is 5.75 Å². The van der Waals surface area contributed by atoms with E-state index in [4.69, 9.17) is 4.18 Å². The van der Waals surface area contributed by atoms with Gasteiger partial charge in [0.05, 0.1) is 11.1 Å². The van der Waals surface area contributed by atoms with Gasteiger partial charge >= 0.3 is 10.1 Å². The molecule has 0 saturated heterocycles. The molecule has 10 heteroatoms. The van der Waals surface area contributed by atoms with Crippen LogP contribution in [0.3, 0.4) is 0 Å². The molecule has 170 valence electrons. The minimum Gasteiger partial charge on any atom is -0.379 e. The highest BCUT2D eigenvalue weighted by molar-refractivity contribution is 7.87. The summed E-state index contributed by atoms with van der Waals surface area (Å²) >= 11 is 0. The van der Waals surface area contributed by atoms with E-state index in [-0.39, 0.29) is 22.2 Å². The summed E-state index contributed by atoms with van der Waals surface area (Å²) in [5.74, 6) is -0.308. The molecule has 0 unspecified atom stereocenters. The average Bonchev–Trinajstić information content (AvgIpc) is 2.84. The summed E-state index contributed by atoms with van der Waals surface area (Å²) in [7, 11) is -4.16. The van der Waals surface area contributed by atoms with E-state index in [1.807, 2.05) is 30.3 Å². The van der Waals surface area contributed by atoms with Crippen molar-refractivity contribution in [3.05, 3.63) is 112 Å². The summed E-state index contributed by atoms with van der Waals surface area (Å²) in [6.45, 7) is 0. The number of benzene rings is 4. The molecule has 0 bridgehead atoms. The maximum Gasteiger partial charge on any atom is 0.339 e. The lowest BCUT2D eigenvalue weighted by Gasteiger charge is -2.07. The van der Waals surface area contributed by atoms with E-state index < -0.39 is 15.0 Å². The quantitative estimate of drug-likeness (QED) is 0.184. The number of hydrogen-bond acceptors (Lipinski definition) is 7. The van der Waals surface area contributed by atoms with Crippen LogP contribution in [-0.4, -0.2) is 25.5 Å². The SMILES string of the molecule is O=C(N/N=C\c1ccc(OS(=O)(=O)c2ccc([N+](=O)[O-])cc2)cc1)c1cccc2ccccc12. The first-order valence-electron chi connectivity index (χ1n) is 9.94. The zero-order valence-electron chi connectivity index (χ0n) is 17.5. The van der Waals surface area contributed by atoms with Gasteiger partial charge in [0, 0.05) is 17.7 Å². The normalized spacial score (nSPS) is 11.4. The molecular weight excluding hydrogens is 458 g/mol. The summed E-state index contributed by atoms with van der Waals surface area (Å²) in [6, 6.07) is 23.3. The molecule has 0 heterocycles. The summed E-state index contributed by atoms with van der Waals surface area (Å²) in [4.78, 5) is 22.4. The van der Waals surface area contributed by atoms with Gasteiger partial charge in [-0.2, -0.15) is 13.5 Å². The molecule has 0 aromatic heterocycles. The van der Waals surface area contributed by atoms with Gasteiger partial charge in [0.25, 0.3) is 11.6 Å². The lowest BCUT2D eigenvalue weighted by atomic mass is 10.0. The van der Waals surface area contributed by atoms with Crippen LogP contribution < -0.4 is 9.61 Å². The molecule has 4 rings (SSSR count). The monoisotopic (exact) mass is 475 g/mol. The third-order valence-electron chi connectivity index (χ3n) is 4.84. The number of hydrazone groups is 1. The van der Waals surface area contributed by atoms with Crippen LogP contribution in [0.15, 0.2) is 101 Å². The van der Waals surface area contributed by atoms with Crippen molar-refractivity contribution in [3.63, 3.8) is 0 Å². The highest BCUT2D eigenvalue weighted by Gasteiger charge is 2.18. The van der Waals surface area contributed by atoms with Crippen molar-refractivity contribution in [2.45, 2.75) is 4.90 Å². The molecule has 1 N–H and O–H groups in total. The van der Waals surface area contributed by atoms with Crippen LogP contribution in [0.2, 0.25) is 0 Å². The fraction of sp³-hybridized carbons (Fsp3) is 0. The number of nitrogens with zero attached hydrogens (tertiary/aromatic N) is 2. The Morgan fingerprint density at radius 3 is 2.29 bits per heavy atom. The van der Waals surface area contributed by atoms with E-state index in [0.717, 1.165) is 35.0 Å². The second-order valence-corrected chi connectivity index (χ2v) is 8.63. The van der Waals surface area contributed by atoms with Crippen molar-refractivity contribution in [3.8, 4) is 5.75 Å². The Kier molecular flexibility index (Phi) is 6.33. The predicted octanol–water partition coefficient (Wildman–Crippen LogP) is 4.28. The number of nitro benzene ring substituents is 1. The second kappa shape index (κ2) is 9.51. The maximum atomic E-state index is 12.5. The summed E-state index contributed by atoms with van der Waals surface area (Å²) in [6.07, 6.45) is 1.41. The third-order valence-corrected chi connectivity index (χ3v) is 6.10. The van der Waals surface area contributed by atoms with E-state index in [1.165, 1.54) is 18.3 Å². The highest BCUT2D eigenvalue weighted by Crippen LogP contribution is 2.21. The zero-order chi connectivity index (χ0) is 24.1. The fourth-order valence-corrected chi connectivity index (χ4v) is 4.10. The van der Waals surface area contributed by atoms with Crippen LogP contribution in [0, 0.1) is 10.1 Å². The Morgan fingerprint density at radius 2 is 1.59 bits per heavy atom. The highest BCUT2D eigenvalue weighted by atomic mass is 32.2. The first-order valence-corrected chi connectivity index (χ1v) is 11.3. The van der Waals surface area contributed by atoms with E-state index >= 15 is 0 Å². The van der Waals surface area contributed by atoms with Crippen LogP contribution in [0.1, 0.15) is 15.9 Å². The number of nitrogens with one attached hydrogen (secondary N) is 1. The molecule has 0 aliphatic heterocycles. The van der Waals surface area contributed by atoms with E-state index in [2.05, 4.69) is 10.5 Å². The summed E-state index contributed by atoms with van der Waals surface area (Å²) < 4.78 is 29.8. The number of rotatable bonds is 7. The standard InChI is InChI=1S/C24H17N3O6S/c28-24(23-7-3-5-18-4-1-2-6-22(18)23)26-25-16-17-8-12-20(13-9-17)33-34(31,32)21-14-10-19(11-15-21)27(29)30/h1-16H,(H,26,28)/b25-16-. The number of hydrogen-bond donors (Lipinski definition) is 1. The number of amides is 1. The van der Waals surface area contributed by atoms with Crippen LogP contribution in [0.25, 0.3) is 10.8 Å².